The van der Waals surface area contributed by atoms with Gasteiger partial charge < -0.3 is 28.9 Å². The third-order valence-corrected chi connectivity index (χ3v) is 14.3. The number of pyridine rings is 2. The molecule has 14 heteroatoms. The van der Waals surface area contributed by atoms with E-state index in [1.54, 1.807) is 12.1 Å². The average Bonchev–Trinajstić information content (AvgIpc) is 3.71. The van der Waals surface area contributed by atoms with Crippen LogP contribution in [0.2, 0.25) is 0 Å². The Balaban J connectivity index is 0.736. The smallest absolute Gasteiger partial charge is 0.344 e. The Kier molecular flexibility index (Phi) is 16.1. The van der Waals surface area contributed by atoms with E-state index < -0.39 is 34.6 Å². The minimum atomic E-state index is -4.62. The lowest BCUT2D eigenvalue weighted by Gasteiger charge is -2.34. The van der Waals surface area contributed by atoms with Gasteiger partial charge in [0, 0.05) is 106 Å². The molecule has 0 amide bonds. The lowest BCUT2D eigenvalue weighted by molar-refractivity contribution is -0.137. The number of rotatable bonds is 22. The minimum absolute atomic E-state index is 0.0835. The molecule has 6 aromatic rings. The molecule has 0 spiro atoms. The van der Waals surface area contributed by atoms with Crippen molar-refractivity contribution in [2.45, 2.75) is 156 Å². The molecule has 5 heterocycles. The molecule has 2 N–H and O–H groups in total. The second-order valence-electron chi connectivity index (χ2n) is 18.6. The maximum absolute atomic E-state index is 14.1. The molecule has 1 aliphatic heterocycles. The van der Waals surface area contributed by atoms with Gasteiger partial charge in [-0.25, -0.2) is 0 Å². The number of halogens is 6. The Morgan fingerprint density at radius 3 is 1.11 bits per heavy atom. The van der Waals surface area contributed by atoms with Gasteiger partial charge in [-0.2, -0.15) is 26.3 Å². The summed E-state index contributed by atoms with van der Waals surface area (Å²) in [5.74, 6) is 0. The number of unbranched alkanes of at least 4 members (excludes halogenated alkanes) is 12. The Morgan fingerprint density at radius 1 is 0.470 bits per heavy atom. The van der Waals surface area contributed by atoms with Crippen LogP contribution in [0.25, 0.3) is 43.6 Å². The highest BCUT2D eigenvalue weighted by Gasteiger charge is 2.36. The molecule has 8 nitrogen and oxygen atoms in total. The van der Waals surface area contributed by atoms with Crippen LogP contribution < -0.4 is 11.1 Å². The van der Waals surface area contributed by atoms with Gasteiger partial charge in [0.15, 0.2) is 0 Å². The largest absolute Gasteiger partial charge is 0.417 e. The monoisotopic (exact) mass is 923 g/mol. The second kappa shape index (κ2) is 21.6. The van der Waals surface area contributed by atoms with E-state index in [1.807, 2.05) is 39.8 Å². The molecular weight excluding hydrogens is 855 g/mol. The van der Waals surface area contributed by atoms with Gasteiger partial charge in [-0.05, 0) is 101 Å². The van der Waals surface area contributed by atoms with E-state index >= 15 is 0 Å². The fourth-order valence-electron chi connectivity index (χ4n) is 11.0. The van der Waals surface area contributed by atoms with Crippen LogP contribution in [0.3, 0.4) is 0 Å². The molecule has 7 rings (SSSR count). The van der Waals surface area contributed by atoms with Crippen LogP contribution >= 0.6 is 0 Å². The Bertz CT molecular complexity index is 2530. The Hall–Kier alpha value is -4.56. The summed E-state index contributed by atoms with van der Waals surface area (Å²) in [5, 5.41) is 1.34. The Labute approximate surface area is 383 Å². The highest BCUT2D eigenvalue weighted by Crippen LogP contribution is 2.41. The first-order valence-electron chi connectivity index (χ1n) is 24.6. The van der Waals surface area contributed by atoms with E-state index in [-0.39, 0.29) is 21.8 Å². The summed E-state index contributed by atoms with van der Waals surface area (Å²) in [5.41, 5.74) is 2.61. The molecule has 0 aliphatic carbocycles. The molecule has 1 saturated heterocycles. The van der Waals surface area contributed by atoms with E-state index in [2.05, 4.69) is 28.9 Å². The number of aromatic amines is 2. The zero-order chi connectivity index (χ0) is 47.2. The van der Waals surface area contributed by atoms with Crippen molar-refractivity contribution < 1.29 is 26.3 Å². The van der Waals surface area contributed by atoms with E-state index in [0.717, 1.165) is 137 Å². The van der Waals surface area contributed by atoms with Crippen molar-refractivity contribution in [1.82, 2.24) is 28.9 Å². The first kappa shape index (κ1) is 49.3. The van der Waals surface area contributed by atoms with Gasteiger partial charge in [0.1, 0.15) is 0 Å². The topological polar surface area (TPSA) is 82.1 Å². The molecule has 0 atom stereocenters. The SMILES string of the molecule is CCc1c(C)c2c3c(C(F)(F)F)cc(=O)[nH]c3ccc2n1CCCCCCCCCN1CCN(CCCCCCCCCn2c(CC)c(C)c3c4c(C(F)(F)F)cc(=O)[nH]c4ccc32)CC1. The first-order chi connectivity index (χ1) is 31.6. The molecule has 0 unspecified atom stereocenters. The zero-order valence-corrected chi connectivity index (χ0v) is 39.3. The molecule has 66 heavy (non-hydrogen) atoms. The second-order valence-corrected chi connectivity index (χ2v) is 18.6. The normalized spacial score (nSPS) is 14.6. The lowest BCUT2D eigenvalue weighted by atomic mass is 10.0. The molecule has 0 bridgehead atoms. The highest BCUT2D eigenvalue weighted by molar-refractivity contribution is 6.10. The number of H-pyrrole nitrogens is 2. The maximum Gasteiger partial charge on any atom is 0.417 e. The fraction of sp³-hybridized carbons (Fsp3) is 0.577. The summed E-state index contributed by atoms with van der Waals surface area (Å²) in [6.07, 6.45) is 8.32. The van der Waals surface area contributed by atoms with Gasteiger partial charge in [0.05, 0.1) is 11.1 Å². The van der Waals surface area contributed by atoms with Crippen LogP contribution in [-0.2, 0) is 38.3 Å². The lowest BCUT2D eigenvalue weighted by Crippen LogP contribution is -2.46. The quantitative estimate of drug-likeness (QED) is 0.0525. The standard InChI is InChI=1S/C52H68F6N6O2/c1-5-41-35(3)47-43(23-21-39-49(47)37(51(53,54)55)33-45(65)59-39)63(41)27-19-15-11-7-9-13-17-25-61-29-31-62(32-30-61)26-18-14-10-8-12-16-20-28-64-42(6-2)36(4)48-44(64)24-22-40-50(48)38(52(56,57)58)34-46(66)60-40/h21-24,33-34H,5-20,25-32H2,1-4H3,(H,59,65)(H,60,66). The van der Waals surface area contributed by atoms with Crippen LogP contribution in [0.15, 0.2) is 46.0 Å². The minimum Gasteiger partial charge on any atom is -0.344 e. The zero-order valence-electron chi connectivity index (χ0n) is 39.3. The predicted octanol–water partition coefficient (Wildman–Crippen LogP) is 12.8. The number of fused-ring (bicyclic) bond motifs is 6. The summed E-state index contributed by atoms with van der Waals surface area (Å²) < 4.78 is 88.8. The van der Waals surface area contributed by atoms with Crippen LogP contribution in [0.1, 0.15) is 137 Å². The third-order valence-electron chi connectivity index (χ3n) is 14.3. The van der Waals surface area contributed by atoms with E-state index in [0.29, 0.717) is 22.9 Å². The van der Waals surface area contributed by atoms with Crippen molar-refractivity contribution >= 4 is 43.6 Å². The van der Waals surface area contributed by atoms with Gasteiger partial charge >= 0.3 is 12.4 Å². The van der Waals surface area contributed by atoms with Crippen LogP contribution in [0, 0.1) is 13.8 Å². The van der Waals surface area contributed by atoms with Crippen LogP contribution in [0.5, 0.6) is 0 Å². The number of aromatic nitrogens is 4. The summed E-state index contributed by atoms with van der Waals surface area (Å²) in [4.78, 5) is 34.5. The summed E-state index contributed by atoms with van der Waals surface area (Å²) in [7, 11) is 0. The van der Waals surface area contributed by atoms with E-state index in [1.165, 1.54) is 51.4 Å². The van der Waals surface area contributed by atoms with Crippen LogP contribution in [0.4, 0.5) is 26.3 Å². The molecule has 1 fully saturated rings. The Morgan fingerprint density at radius 2 is 0.788 bits per heavy atom. The third kappa shape index (κ3) is 11.1. The summed E-state index contributed by atoms with van der Waals surface area (Å²) in [6.45, 7) is 16.3. The molecule has 1 aliphatic rings. The van der Waals surface area contributed by atoms with Gasteiger partial charge in [0.25, 0.3) is 0 Å². The van der Waals surface area contributed by atoms with Crippen molar-refractivity contribution in [2.24, 2.45) is 0 Å². The molecule has 0 saturated carbocycles. The number of nitrogens with one attached hydrogen (secondary N) is 2. The van der Waals surface area contributed by atoms with Crippen LogP contribution in [-0.4, -0.2) is 68.2 Å². The van der Waals surface area contributed by atoms with Gasteiger partial charge in [0.2, 0.25) is 11.1 Å². The molecule has 2 aromatic carbocycles. The number of aryl methyl sites for hydroxylation is 4. The number of piperazine rings is 1. The molecule has 360 valence electrons. The van der Waals surface area contributed by atoms with Gasteiger partial charge in [-0.3, -0.25) is 9.59 Å². The number of hydrogen-bond donors (Lipinski definition) is 2. The van der Waals surface area contributed by atoms with Crippen molar-refractivity contribution in [3.63, 3.8) is 0 Å². The first-order valence-corrected chi connectivity index (χ1v) is 24.6. The molecule has 4 aromatic heterocycles. The molecule has 0 radical (unpaired) electrons. The van der Waals surface area contributed by atoms with Crippen molar-refractivity contribution in [3.8, 4) is 0 Å². The molecular formula is C52H68F6N6O2. The predicted molar refractivity (Wildman–Crippen MR) is 256 cm³/mol. The highest BCUT2D eigenvalue weighted by atomic mass is 19.4. The van der Waals surface area contributed by atoms with Crippen molar-refractivity contribution in [1.29, 1.82) is 0 Å². The fourth-order valence-corrected chi connectivity index (χ4v) is 11.0. The van der Waals surface area contributed by atoms with Crippen molar-refractivity contribution in [2.75, 3.05) is 39.3 Å². The number of alkyl halides is 6. The summed E-state index contributed by atoms with van der Waals surface area (Å²) in [6, 6.07) is 8.29. The van der Waals surface area contributed by atoms with Gasteiger partial charge in [-0.15, -0.1) is 0 Å². The average molecular weight is 923 g/mol. The summed E-state index contributed by atoms with van der Waals surface area (Å²) >= 11 is 0. The van der Waals surface area contributed by atoms with E-state index in [9.17, 15) is 35.9 Å². The van der Waals surface area contributed by atoms with Gasteiger partial charge in [-0.1, -0.05) is 78.1 Å². The maximum atomic E-state index is 14.1. The number of benzene rings is 2. The number of nitrogens with zero attached hydrogens (tertiary/aromatic N) is 4. The van der Waals surface area contributed by atoms with E-state index in [4.69, 9.17) is 0 Å². The number of hydrogen-bond acceptors (Lipinski definition) is 4. The van der Waals surface area contributed by atoms with Crippen molar-refractivity contribution in [3.05, 3.63) is 90.7 Å².